The molecule has 30 heteroatoms. The molecule has 6 aromatic rings. The summed E-state index contributed by atoms with van der Waals surface area (Å²) in [7, 11) is 0. The minimum atomic E-state index is -4.82. The molecule has 3 saturated heterocycles. The molecule has 0 spiro atoms. The maximum atomic E-state index is 16.1. The second-order valence-electron chi connectivity index (χ2n) is 30.3. The number of hydrogen-bond donors (Lipinski definition) is 4. The third kappa shape index (κ3) is 16.8. The first-order chi connectivity index (χ1) is 52.6. The predicted octanol–water partition coefficient (Wildman–Crippen LogP) is 13.0. The van der Waals surface area contributed by atoms with Crippen LogP contribution in [0.4, 0.5) is 108 Å². The molecule has 0 radical (unpaired) electrons. The van der Waals surface area contributed by atoms with Crippen molar-refractivity contribution in [3.8, 4) is 0 Å². The minimum absolute atomic E-state index is 0.0277. The van der Waals surface area contributed by atoms with E-state index in [1.54, 1.807) is 62.2 Å². The van der Waals surface area contributed by atoms with Gasteiger partial charge in [0, 0.05) is 141 Å². The Labute approximate surface area is 628 Å². The zero-order valence-corrected chi connectivity index (χ0v) is 61.1. The predicted molar refractivity (Wildman–Crippen MR) is 398 cm³/mol. The second kappa shape index (κ2) is 32.4. The number of alkyl halides is 9. The monoisotopic (exact) mass is 1520 g/mol. The lowest BCUT2D eigenvalue weighted by Gasteiger charge is -2.38. The fourth-order valence-corrected chi connectivity index (χ4v) is 17.5. The van der Waals surface area contributed by atoms with Crippen LogP contribution in [0.15, 0.2) is 110 Å². The highest BCUT2D eigenvalue weighted by atomic mass is 19.4. The number of nitrogens with one attached hydrogen (secondary N) is 4. The highest BCUT2D eigenvalue weighted by Gasteiger charge is 2.49. The zero-order chi connectivity index (χ0) is 75.7. The van der Waals surface area contributed by atoms with Crippen LogP contribution in [0, 0.1) is 17.8 Å². The number of rotatable bonds is 17. The molecule has 3 amide bonds. The summed E-state index contributed by atoms with van der Waals surface area (Å²) in [6.45, 7) is 6.77. The number of anilines is 12. The molecular formula is C79H94F9N15O6. The van der Waals surface area contributed by atoms with Gasteiger partial charge >= 0.3 is 18.5 Å². The average molecular weight is 1520 g/mol. The van der Waals surface area contributed by atoms with E-state index in [1.807, 2.05) is 54.6 Å². The Morgan fingerprint density at radius 2 is 0.771 bits per heavy atom. The first kappa shape index (κ1) is 75.8. The Kier molecular flexibility index (Phi) is 22.6. The molecule has 584 valence electrons. The van der Waals surface area contributed by atoms with Crippen molar-refractivity contribution in [2.45, 2.75) is 165 Å². The van der Waals surface area contributed by atoms with E-state index in [1.165, 1.54) is 24.2 Å². The fraction of sp³-hybridized carbons (Fsp3) is 0.544. The number of fused-ring (bicyclic) bond motifs is 6. The lowest BCUT2D eigenvalue weighted by molar-refractivity contribution is -0.159. The summed E-state index contributed by atoms with van der Waals surface area (Å²) in [4.78, 5) is 74.3. The Balaban J connectivity index is 0.654. The van der Waals surface area contributed by atoms with Gasteiger partial charge in [-0.1, -0.05) is 25.1 Å². The Morgan fingerprint density at radius 3 is 1.16 bits per heavy atom. The van der Waals surface area contributed by atoms with Gasteiger partial charge in [0.1, 0.15) is 35.6 Å². The quantitative estimate of drug-likeness (QED) is 0.0630. The summed E-state index contributed by atoms with van der Waals surface area (Å²) >= 11 is 0. The number of benzene rings is 3. The van der Waals surface area contributed by atoms with Gasteiger partial charge in [0.15, 0.2) is 0 Å². The molecule has 3 atom stereocenters. The Morgan fingerprint density at radius 1 is 0.431 bits per heavy atom. The van der Waals surface area contributed by atoms with Gasteiger partial charge in [0.25, 0.3) is 0 Å². The average Bonchev–Trinajstić information content (AvgIpc) is 1.66. The van der Waals surface area contributed by atoms with E-state index in [0.717, 1.165) is 28.3 Å². The number of nitrogens with zero attached hydrogens (tertiary/aromatic N) is 11. The smallest absolute Gasteiger partial charge is 0.378 e. The van der Waals surface area contributed by atoms with E-state index in [0.29, 0.717) is 176 Å². The van der Waals surface area contributed by atoms with Crippen molar-refractivity contribution in [2.75, 3.05) is 137 Å². The molecule has 3 aliphatic carbocycles. The molecule has 9 heterocycles. The molecule has 6 fully saturated rings. The molecule has 3 aromatic carbocycles. The third-order valence-corrected chi connectivity index (χ3v) is 23.5. The molecule has 0 unspecified atom stereocenters. The van der Waals surface area contributed by atoms with Crippen molar-refractivity contribution < 1.29 is 68.1 Å². The summed E-state index contributed by atoms with van der Waals surface area (Å²) in [5.74, 6) is -1.35. The second-order valence-corrected chi connectivity index (χ2v) is 30.3. The van der Waals surface area contributed by atoms with Gasteiger partial charge in [-0.3, -0.25) is 14.4 Å². The topological polar surface area (TPSA) is 192 Å². The minimum Gasteiger partial charge on any atom is -0.378 e. The van der Waals surface area contributed by atoms with Crippen LogP contribution < -0.4 is 60.5 Å². The van der Waals surface area contributed by atoms with Crippen LogP contribution in [-0.4, -0.2) is 179 Å². The number of aromatic nitrogens is 3. The summed E-state index contributed by atoms with van der Waals surface area (Å²) in [5.41, 5.74) is 7.03. The number of pyridine rings is 3. The largest absolute Gasteiger partial charge is 0.405 e. The van der Waals surface area contributed by atoms with Crippen molar-refractivity contribution in [3.63, 3.8) is 0 Å². The van der Waals surface area contributed by atoms with Crippen LogP contribution in [0.5, 0.6) is 0 Å². The Bertz CT molecular complexity index is 4190. The number of amides is 3. The van der Waals surface area contributed by atoms with Crippen LogP contribution in [0.2, 0.25) is 0 Å². The number of hydrogen-bond acceptors (Lipinski definition) is 18. The third-order valence-electron chi connectivity index (χ3n) is 23.5. The van der Waals surface area contributed by atoms with Gasteiger partial charge in [0.05, 0.1) is 93.4 Å². The van der Waals surface area contributed by atoms with Gasteiger partial charge in [-0.05, 0) is 156 Å². The molecule has 3 aromatic heterocycles. The lowest BCUT2D eigenvalue weighted by Crippen LogP contribution is -2.54. The van der Waals surface area contributed by atoms with Crippen LogP contribution in [0.1, 0.15) is 107 Å². The number of ether oxygens (including phenoxy) is 3. The summed E-state index contributed by atoms with van der Waals surface area (Å²) in [6, 6.07) is 19.7. The molecule has 0 bridgehead atoms. The highest BCUT2D eigenvalue weighted by Crippen LogP contribution is 2.49. The van der Waals surface area contributed by atoms with E-state index in [-0.39, 0.29) is 81.1 Å². The number of morpholine rings is 3. The van der Waals surface area contributed by atoms with Crippen molar-refractivity contribution in [2.24, 2.45) is 17.8 Å². The van der Waals surface area contributed by atoms with Crippen molar-refractivity contribution in [1.82, 2.24) is 30.9 Å². The van der Waals surface area contributed by atoms with E-state index in [9.17, 15) is 18.0 Å². The first-order valence-corrected chi connectivity index (χ1v) is 38.6. The molecular weight excluding hydrogens is 1430 g/mol. The van der Waals surface area contributed by atoms with Crippen LogP contribution in [0.3, 0.4) is 0 Å². The summed E-state index contributed by atoms with van der Waals surface area (Å²) < 4.78 is 155. The van der Waals surface area contributed by atoms with Gasteiger partial charge in [-0.2, -0.15) is 39.5 Å². The maximum absolute atomic E-state index is 16.1. The fourth-order valence-electron chi connectivity index (χ4n) is 17.5. The first-order valence-electron chi connectivity index (χ1n) is 38.6. The standard InChI is InChI=1S/C79H94F9N15O6/c1-2-68(77(80,81)82)92-56-15-9-51(10-16-56)75(105)102-46-54-7-4-28-90-72(54)100(63-25-22-60(43-66(63)102)97-32-38-108-39-33-97)49-70(79(86,87)88)94-58-19-13-52(14-20-58)76(106)103-47-55-8-5-29-91-73(55)99(64-26-23-61(44-67(64)103)98-34-40-109-41-35-98)48-69(78(83,84)85)93-57-17-11-50(12-18-57)74(104)101-45-53-6-3-27-89-71(53)95-62-24-21-59(42-65(62)101)96-30-36-107-37-31-96/h3-8,21-29,42-44,50-52,56-58,68-70,92-94H,2,9-20,30-41,45-49H2,1H3,(H,89,95)/t50?,51?,52?,56?,57?,58?,68-,69+,70+/m0/s1. The molecule has 21 nitrogen and oxygen atoms in total. The van der Waals surface area contributed by atoms with Crippen LogP contribution in [-0.2, 0) is 48.2 Å². The van der Waals surface area contributed by atoms with Crippen LogP contribution in [0.25, 0.3) is 0 Å². The normalized spacial score (nSPS) is 23.7. The molecule has 4 N–H and O–H groups in total. The van der Waals surface area contributed by atoms with Gasteiger partial charge in [-0.25, -0.2) is 15.0 Å². The molecule has 6 aliphatic heterocycles. The van der Waals surface area contributed by atoms with Crippen molar-refractivity contribution in [1.29, 1.82) is 0 Å². The van der Waals surface area contributed by atoms with Gasteiger partial charge in [-0.15, -0.1) is 0 Å². The van der Waals surface area contributed by atoms with E-state index in [4.69, 9.17) is 24.2 Å². The number of halogens is 9. The van der Waals surface area contributed by atoms with Crippen molar-refractivity contribution in [3.05, 3.63) is 126 Å². The zero-order valence-electron chi connectivity index (χ0n) is 61.1. The molecule has 3 saturated carbocycles. The lowest BCUT2D eigenvalue weighted by atomic mass is 9.84. The molecule has 15 rings (SSSR count). The van der Waals surface area contributed by atoms with E-state index in [2.05, 4.69) is 41.0 Å². The molecule has 109 heavy (non-hydrogen) atoms. The van der Waals surface area contributed by atoms with Gasteiger partial charge in [0.2, 0.25) is 17.7 Å². The summed E-state index contributed by atoms with van der Waals surface area (Å²) in [6.07, 6.45) is -6.19. The SMILES string of the molecule is CC[C@H](NC1CCC(C(=O)N2Cc3cccnc3N(C[C@@H](NC3CCC(C(=O)N4Cc5cccnc5N(C[C@@H](NC5CCC(C(=O)N6Cc7cccnc7Nc7ccc(N8CCOCC8)cc76)CC5)C(F)(F)F)c5ccc(N6CCOCC6)cc54)CC3)C(F)(F)F)c3ccc(N4CCOCC4)cc32)CC1)C(F)(F)F. The van der Waals surface area contributed by atoms with Gasteiger partial charge < -0.3 is 74.7 Å². The molecule has 9 aliphatic rings. The highest BCUT2D eigenvalue weighted by molar-refractivity contribution is 6.03. The van der Waals surface area contributed by atoms with E-state index >= 15 is 35.9 Å². The number of carbonyl (C=O) groups excluding carboxylic acids is 3. The number of carbonyl (C=O) groups is 3. The summed E-state index contributed by atoms with van der Waals surface area (Å²) in [5, 5.41) is 12.2. The van der Waals surface area contributed by atoms with Crippen LogP contribution >= 0.6 is 0 Å². The maximum Gasteiger partial charge on any atom is 0.405 e. The van der Waals surface area contributed by atoms with Crippen molar-refractivity contribution >= 4 is 86.4 Å². The van der Waals surface area contributed by atoms with E-state index < -0.39 is 85.6 Å². The Hall–Kier alpha value is -8.55.